The van der Waals surface area contributed by atoms with Crippen LogP contribution in [0.5, 0.6) is 5.75 Å². The summed E-state index contributed by atoms with van der Waals surface area (Å²) in [5.41, 5.74) is 2.04. The highest BCUT2D eigenvalue weighted by atomic mass is 16.5. The summed E-state index contributed by atoms with van der Waals surface area (Å²) in [6.45, 7) is 4.49. The standard InChI is InChI=1S/C26H22N2O4/c1-3-14-31-18-10-7-9-17(15-18)23-22-24(29)19-11-4-5-12-20(19)32-25(22)26(30)28(23)21-13-6-8-16(2)27-21/h4-13,15,23H,3,14H2,1-2H3. The third-order valence-corrected chi connectivity index (χ3v) is 5.54. The molecule has 0 saturated heterocycles. The van der Waals surface area contributed by atoms with Crippen molar-refractivity contribution in [2.45, 2.75) is 26.3 Å². The highest BCUT2D eigenvalue weighted by molar-refractivity contribution is 6.10. The molecule has 0 radical (unpaired) electrons. The van der Waals surface area contributed by atoms with Crippen molar-refractivity contribution in [3.8, 4) is 5.75 Å². The number of anilines is 1. The van der Waals surface area contributed by atoms with E-state index in [0.717, 1.165) is 17.7 Å². The SMILES string of the molecule is CCCOc1cccc(C2c3c(oc4ccccc4c3=O)C(=O)N2c2cccc(C)n2)c1. The number of benzene rings is 2. The predicted molar refractivity (Wildman–Crippen MR) is 122 cm³/mol. The highest BCUT2D eigenvalue weighted by Crippen LogP contribution is 2.41. The number of nitrogens with zero attached hydrogens (tertiary/aromatic N) is 2. The van der Waals surface area contributed by atoms with Gasteiger partial charge in [0, 0.05) is 5.69 Å². The van der Waals surface area contributed by atoms with Gasteiger partial charge >= 0.3 is 0 Å². The Morgan fingerprint density at radius 3 is 2.66 bits per heavy atom. The quantitative estimate of drug-likeness (QED) is 0.447. The molecule has 1 unspecified atom stereocenters. The number of hydrogen-bond donors (Lipinski definition) is 0. The summed E-state index contributed by atoms with van der Waals surface area (Å²) in [5, 5.41) is 0.446. The Morgan fingerprint density at radius 1 is 1.03 bits per heavy atom. The number of carbonyl (C=O) groups is 1. The molecule has 0 fully saturated rings. The Labute approximate surface area is 185 Å². The van der Waals surface area contributed by atoms with Crippen LogP contribution in [0.4, 0.5) is 5.82 Å². The van der Waals surface area contributed by atoms with Crippen LogP contribution in [0.3, 0.4) is 0 Å². The van der Waals surface area contributed by atoms with Crippen LogP contribution in [0.2, 0.25) is 0 Å². The van der Waals surface area contributed by atoms with E-state index in [1.807, 2.05) is 50.2 Å². The van der Waals surface area contributed by atoms with Gasteiger partial charge in [0.15, 0.2) is 5.43 Å². The minimum absolute atomic E-state index is 0.0573. The molecule has 2 aromatic heterocycles. The molecule has 4 aromatic rings. The fraction of sp³-hybridized carbons (Fsp3) is 0.192. The predicted octanol–water partition coefficient (Wildman–Crippen LogP) is 5.04. The maximum atomic E-state index is 13.6. The first-order valence-corrected chi connectivity index (χ1v) is 10.6. The van der Waals surface area contributed by atoms with Gasteiger partial charge < -0.3 is 9.15 Å². The van der Waals surface area contributed by atoms with Crippen molar-refractivity contribution in [1.29, 1.82) is 0 Å². The van der Waals surface area contributed by atoms with Crippen molar-refractivity contribution >= 4 is 22.7 Å². The van der Waals surface area contributed by atoms with Crippen LogP contribution >= 0.6 is 0 Å². The molecule has 0 bridgehead atoms. The molecule has 2 aromatic carbocycles. The number of amides is 1. The van der Waals surface area contributed by atoms with E-state index in [1.165, 1.54) is 0 Å². The zero-order chi connectivity index (χ0) is 22.2. The fourth-order valence-electron chi connectivity index (χ4n) is 4.13. The number of para-hydroxylation sites is 1. The summed E-state index contributed by atoms with van der Waals surface area (Å²) < 4.78 is 11.8. The molecule has 1 aliphatic rings. The maximum Gasteiger partial charge on any atom is 0.296 e. The molecule has 0 aliphatic carbocycles. The molecule has 0 spiro atoms. The maximum absolute atomic E-state index is 13.6. The summed E-state index contributed by atoms with van der Waals surface area (Å²) in [6.07, 6.45) is 0.879. The lowest BCUT2D eigenvalue weighted by molar-refractivity contribution is 0.0970. The molecule has 5 rings (SSSR count). The molecular formula is C26H22N2O4. The van der Waals surface area contributed by atoms with Gasteiger partial charge in [-0.2, -0.15) is 0 Å². The van der Waals surface area contributed by atoms with E-state index in [9.17, 15) is 9.59 Å². The zero-order valence-corrected chi connectivity index (χ0v) is 17.9. The van der Waals surface area contributed by atoms with Crippen molar-refractivity contribution in [3.05, 3.63) is 99.5 Å². The van der Waals surface area contributed by atoms with E-state index in [1.54, 1.807) is 35.2 Å². The number of aromatic nitrogens is 1. The van der Waals surface area contributed by atoms with Crippen molar-refractivity contribution in [2.24, 2.45) is 0 Å². The van der Waals surface area contributed by atoms with Gasteiger partial charge in [-0.05, 0) is 55.3 Å². The van der Waals surface area contributed by atoms with Gasteiger partial charge in [-0.3, -0.25) is 14.5 Å². The van der Waals surface area contributed by atoms with Crippen LogP contribution in [-0.2, 0) is 0 Å². The second-order valence-electron chi connectivity index (χ2n) is 7.81. The number of hydrogen-bond acceptors (Lipinski definition) is 5. The number of pyridine rings is 1. The van der Waals surface area contributed by atoms with Gasteiger partial charge in [-0.1, -0.05) is 37.3 Å². The summed E-state index contributed by atoms with van der Waals surface area (Å²) in [5.74, 6) is 0.829. The zero-order valence-electron chi connectivity index (χ0n) is 17.9. The van der Waals surface area contributed by atoms with Crippen LogP contribution in [0.25, 0.3) is 11.0 Å². The van der Waals surface area contributed by atoms with Gasteiger partial charge in [-0.15, -0.1) is 0 Å². The van der Waals surface area contributed by atoms with Gasteiger partial charge in [-0.25, -0.2) is 4.98 Å². The first kappa shape index (κ1) is 20.0. The number of aryl methyl sites for hydroxylation is 1. The van der Waals surface area contributed by atoms with E-state index in [4.69, 9.17) is 9.15 Å². The summed E-state index contributed by atoms with van der Waals surface area (Å²) in [6, 6.07) is 19.3. The molecule has 0 N–H and O–H groups in total. The van der Waals surface area contributed by atoms with Gasteiger partial charge in [0.1, 0.15) is 17.2 Å². The highest BCUT2D eigenvalue weighted by Gasteiger charge is 2.44. The first-order valence-electron chi connectivity index (χ1n) is 10.6. The lowest BCUT2D eigenvalue weighted by atomic mass is 9.98. The molecule has 6 nitrogen and oxygen atoms in total. The van der Waals surface area contributed by atoms with Crippen molar-refractivity contribution < 1.29 is 13.9 Å². The Bertz CT molecular complexity index is 1390. The average Bonchev–Trinajstić information content (AvgIpc) is 3.10. The largest absolute Gasteiger partial charge is 0.494 e. The van der Waals surface area contributed by atoms with Crippen LogP contribution in [0, 0.1) is 6.92 Å². The van der Waals surface area contributed by atoms with E-state index in [2.05, 4.69) is 4.98 Å². The molecule has 1 amide bonds. The number of carbonyl (C=O) groups excluding carboxylic acids is 1. The molecule has 0 saturated carbocycles. The van der Waals surface area contributed by atoms with Crippen molar-refractivity contribution in [1.82, 2.24) is 4.98 Å². The Hall–Kier alpha value is -3.93. The van der Waals surface area contributed by atoms with Crippen LogP contribution < -0.4 is 15.1 Å². The summed E-state index contributed by atoms with van der Waals surface area (Å²) in [4.78, 5) is 33.2. The van der Waals surface area contributed by atoms with Crippen LogP contribution in [0.15, 0.2) is 75.9 Å². The molecule has 3 heterocycles. The minimum atomic E-state index is -0.669. The topological polar surface area (TPSA) is 72.6 Å². The third kappa shape index (κ3) is 3.24. The molecule has 1 atom stereocenters. The minimum Gasteiger partial charge on any atom is -0.494 e. The monoisotopic (exact) mass is 426 g/mol. The van der Waals surface area contributed by atoms with Crippen molar-refractivity contribution in [2.75, 3.05) is 11.5 Å². The number of rotatable bonds is 5. The average molecular weight is 426 g/mol. The lowest BCUT2D eigenvalue weighted by Crippen LogP contribution is -2.30. The molecule has 32 heavy (non-hydrogen) atoms. The van der Waals surface area contributed by atoms with Gasteiger partial charge in [0.05, 0.1) is 23.6 Å². The molecule has 6 heteroatoms. The number of ether oxygens (including phenoxy) is 1. The van der Waals surface area contributed by atoms with Crippen LogP contribution in [0.1, 0.15) is 46.8 Å². The van der Waals surface area contributed by atoms with Crippen LogP contribution in [-0.4, -0.2) is 17.5 Å². The normalized spacial score (nSPS) is 15.2. The second-order valence-corrected chi connectivity index (χ2v) is 7.81. The molecule has 1 aliphatic heterocycles. The van der Waals surface area contributed by atoms with Crippen molar-refractivity contribution in [3.63, 3.8) is 0 Å². The molecular weight excluding hydrogens is 404 g/mol. The van der Waals surface area contributed by atoms with E-state index in [0.29, 0.717) is 34.7 Å². The smallest absolute Gasteiger partial charge is 0.296 e. The van der Waals surface area contributed by atoms with E-state index < -0.39 is 6.04 Å². The molecule has 160 valence electrons. The van der Waals surface area contributed by atoms with Gasteiger partial charge in [0.25, 0.3) is 5.91 Å². The second kappa shape index (κ2) is 7.96. The van der Waals surface area contributed by atoms with Gasteiger partial charge in [0.2, 0.25) is 5.76 Å². The fourth-order valence-corrected chi connectivity index (χ4v) is 4.13. The number of fused-ring (bicyclic) bond motifs is 2. The summed E-state index contributed by atoms with van der Waals surface area (Å²) in [7, 11) is 0. The Balaban J connectivity index is 1.76. The summed E-state index contributed by atoms with van der Waals surface area (Å²) >= 11 is 0. The third-order valence-electron chi connectivity index (χ3n) is 5.54. The lowest BCUT2D eigenvalue weighted by Gasteiger charge is -2.24. The Kier molecular flexibility index (Phi) is 4.98. The first-order chi connectivity index (χ1) is 15.6. The van der Waals surface area contributed by atoms with E-state index >= 15 is 0 Å². The Morgan fingerprint density at radius 2 is 1.84 bits per heavy atom. The van der Waals surface area contributed by atoms with E-state index in [-0.39, 0.29) is 17.1 Å².